The van der Waals surface area contributed by atoms with E-state index in [2.05, 4.69) is 0 Å². The Labute approximate surface area is 165 Å². The number of nitrogens with zero attached hydrogens (tertiary/aromatic N) is 2. The van der Waals surface area contributed by atoms with Crippen LogP contribution >= 0.6 is 0 Å². The molecule has 152 valence electrons. The van der Waals surface area contributed by atoms with Crippen molar-refractivity contribution in [3.8, 4) is 0 Å². The maximum atomic E-state index is 13.4. The van der Waals surface area contributed by atoms with Crippen molar-refractivity contribution in [2.45, 2.75) is 30.6 Å². The van der Waals surface area contributed by atoms with E-state index in [-0.39, 0.29) is 36.0 Å². The molecular weight excluding hydrogens is 403 g/mol. The fraction of sp³-hybridized carbons (Fsp3) is 0.368. The molecule has 1 heterocycles. The average molecular weight is 427 g/mol. The standard InChI is InChI=1S/C19H23FN2O4S2/c1-14-11-15(2)19(16(3)12-14)28(25,26)22-9-7-21(8-10-22)27(23,24)18-6-4-5-17(20)13-18/h4-6,11-13H,7-10H2,1-3H3. The quantitative estimate of drug-likeness (QED) is 0.753. The molecule has 0 aliphatic carbocycles. The molecule has 3 rings (SSSR count). The summed E-state index contributed by atoms with van der Waals surface area (Å²) in [5.74, 6) is -0.632. The fourth-order valence-corrected chi connectivity index (χ4v) is 6.92. The first kappa shape index (κ1) is 20.9. The van der Waals surface area contributed by atoms with Crippen LogP contribution in [0.4, 0.5) is 4.39 Å². The zero-order valence-corrected chi connectivity index (χ0v) is 17.6. The van der Waals surface area contributed by atoms with Gasteiger partial charge in [-0.15, -0.1) is 0 Å². The Hall–Kier alpha value is -1.81. The molecule has 6 nitrogen and oxygen atoms in total. The van der Waals surface area contributed by atoms with E-state index >= 15 is 0 Å². The summed E-state index contributed by atoms with van der Waals surface area (Å²) in [7, 11) is -7.60. The number of halogens is 1. The predicted molar refractivity (Wildman–Crippen MR) is 105 cm³/mol. The van der Waals surface area contributed by atoms with Crippen molar-refractivity contribution in [1.29, 1.82) is 0 Å². The molecule has 0 saturated carbocycles. The molecule has 1 saturated heterocycles. The van der Waals surface area contributed by atoms with E-state index in [9.17, 15) is 21.2 Å². The summed E-state index contributed by atoms with van der Waals surface area (Å²) in [4.78, 5) is 0.147. The Bertz CT molecular complexity index is 1080. The molecule has 0 atom stereocenters. The topological polar surface area (TPSA) is 74.8 Å². The van der Waals surface area contributed by atoms with Crippen molar-refractivity contribution in [3.05, 3.63) is 58.9 Å². The van der Waals surface area contributed by atoms with Crippen molar-refractivity contribution in [2.24, 2.45) is 0 Å². The van der Waals surface area contributed by atoms with Gasteiger partial charge >= 0.3 is 0 Å². The molecule has 9 heteroatoms. The van der Waals surface area contributed by atoms with E-state index in [0.717, 1.165) is 11.6 Å². The summed E-state index contributed by atoms with van der Waals surface area (Å²) in [6.07, 6.45) is 0. The highest BCUT2D eigenvalue weighted by atomic mass is 32.2. The van der Waals surface area contributed by atoms with Crippen molar-refractivity contribution < 1.29 is 21.2 Å². The molecule has 0 radical (unpaired) electrons. The largest absolute Gasteiger partial charge is 0.243 e. The Balaban J connectivity index is 1.82. The molecule has 0 aromatic heterocycles. The predicted octanol–water partition coefficient (Wildman–Crippen LogP) is 2.45. The first-order valence-corrected chi connectivity index (χ1v) is 11.8. The van der Waals surface area contributed by atoms with E-state index in [1.54, 1.807) is 13.8 Å². The van der Waals surface area contributed by atoms with E-state index in [4.69, 9.17) is 0 Å². The summed E-state index contributed by atoms with van der Waals surface area (Å²) >= 11 is 0. The first-order chi connectivity index (χ1) is 13.0. The fourth-order valence-electron chi connectivity index (χ4n) is 3.63. The zero-order valence-electron chi connectivity index (χ0n) is 16.0. The molecule has 0 unspecified atom stereocenters. The van der Waals surface area contributed by atoms with E-state index in [1.165, 1.54) is 26.8 Å². The van der Waals surface area contributed by atoms with Crippen LogP contribution in [0.2, 0.25) is 0 Å². The molecule has 0 N–H and O–H groups in total. The van der Waals surface area contributed by atoms with Gasteiger partial charge in [-0.25, -0.2) is 21.2 Å². The van der Waals surface area contributed by atoms with Gasteiger partial charge in [-0.1, -0.05) is 23.8 Å². The number of rotatable bonds is 4. The normalized spacial score (nSPS) is 17.0. The first-order valence-electron chi connectivity index (χ1n) is 8.87. The third-order valence-electron chi connectivity index (χ3n) is 4.83. The summed E-state index contributed by atoms with van der Waals surface area (Å²) in [5, 5.41) is 0. The van der Waals surface area contributed by atoms with Crippen LogP contribution in [0.1, 0.15) is 16.7 Å². The van der Waals surface area contributed by atoms with E-state index in [1.807, 2.05) is 19.1 Å². The SMILES string of the molecule is Cc1cc(C)c(S(=O)(=O)N2CCN(S(=O)(=O)c3cccc(F)c3)CC2)c(C)c1. The van der Waals surface area contributed by atoms with Crippen LogP contribution in [0.25, 0.3) is 0 Å². The number of sulfonamides is 2. The second-order valence-corrected chi connectivity index (χ2v) is 10.8. The minimum Gasteiger partial charge on any atom is -0.207 e. The van der Waals surface area contributed by atoms with Crippen LogP contribution in [-0.2, 0) is 20.0 Å². The van der Waals surface area contributed by atoms with Gasteiger partial charge in [-0.05, 0) is 50.1 Å². The van der Waals surface area contributed by atoms with Gasteiger partial charge in [0.25, 0.3) is 0 Å². The van der Waals surface area contributed by atoms with Crippen LogP contribution in [0.3, 0.4) is 0 Å². The lowest BCUT2D eigenvalue weighted by Crippen LogP contribution is -2.50. The molecule has 0 bridgehead atoms. The third-order valence-corrected chi connectivity index (χ3v) is 8.93. The van der Waals surface area contributed by atoms with Crippen molar-refractivity contribution in [2.75, 3.05) is 26.2 Å². The monoisotopic (exact) mass is 426 g/mol. The number of benzene rings is 2. The molecule has 1 aliphatic rings. The lowest BCUT2D eigenvalue weighted by molar-refractivity contribution is 0.272. The Kier molecular flexibility index (Phi) is 5.64. The number of hydrogen-bond donors (Lipinski definition) is 0. The van der Waals surface area contributed by atoms with Gasteiger partial charge in [-0.3, -0.25) is 0 Å². The highest BCUT2D eigenvalue weighted by Gasteiger charge is 2.35. The lowest BCUT2D eigenvalue weighted by atomic mass is 10.1. The van der Waals surface area contributed by atoms with Crippen LogP contribution in [0.15, 0.2) is 46.2 Å². The number of piperazine rings is 1. The van der Waals surface area contributed by atoms with Gasteiger partial charge in [0, 0.05) is 26.2 Å². The summed E-state index contributed by atoms with van der Waals surface area (Å²) in [6, 6.07) is 8.47. The average Bonchev–Trinajstić information content (AvgIpc) is 2.60. The third kappa shape index (κ3) is 3.84. The minimum absolute atomic E-state index is 0.0159. The van der Waals surface area contributed by atoms with Gasteiger partial charge in [0.15, 0.2) is 0 Å². The Morgan fingerprint density at radius 1 is 0.786 bits per heavy atom. The number of hydrogen-bond acceptors (Lipinski definition) is 4. The molecule has 0 spiro atoms. The van der Waals surface area contributed by atoms with Crippen molar-refractivity contribution in [1.82, 2.24) is 8.61 Å². The van der Waals surface area contributed by atoms with Crippen molar-refractivity contribution in [3.63, 3.8) is 0 Å². The summed E-state index contributed by atoms with van der Waals surface area (Å²) in [5.41, 5.74) is 2.33. The second-order valence-electron chi connectivity index (χ2n) is 6.99. The van der Waals surface area contributed by atoms with Gasteiger partial charge in [0.2, 0.25) is 20.0 Å². The van der Waals surface area contributed by atoms with E-state index in [0.29, 0.717) is 11.1 Å². The summed E-state index contributed by atoms with van der Waals surface area (Å²) in [6.45, 7) is 5.55. The van der Waals surface area contributed by atoms with E-state index < -0.39 is 25.9 Å². The molecule has 2 aromatic rings. The highest BCUT2D eigenvalue weighted by Crippen LogP contribution is 2.27. The Morgan fingerprint density at radius 3 is 1.79 bits per heavy atom. The maximum Gasteiger partial charge on any atom is 0.243 e. The van der Waals surface area contributed by atoms with Crippen LogP contribution in [0.5, 0.6) is 0 Å². The second kappa shape index (κ2) is 7.55. The molecule has 2 aromatic carbocycles. The van der Waals surface area contributed by atoms with Crippen LogP contribution in [0, 0.1) is 26.6 Å². The Morgan fingerprint density at radius 2 is 1.29 bits per heavy atom. The smallest absolute Gasteiger partial charge is 0.207 e. The minimum atomic E-state index is -3.87. The number of aryl methyl sites for hydroxylation is 3. The van der Waals surface area contributed by atoms with Gasteiger partial charge in [-0.2, -0.15) is 8.61 Å². The zero-order chi connectivity index (χ0) is 20.7. The van der Waals surface area contributed by atoms with Crippen LogP contribution in [-0.4, -0.2) is 51.6 Å². The molecule has 28 heavy (non-hydrogen) atoms. The maximum absolute atomic E-state index is 13.4. The van der Waals surface area contributed by atoms with Gasteiger partial charge in [0.1, 0.15) is 5.82 Å². The highest BCUT2D eigenvalue weighted by molar-refractivity contribution is 7.89. The van der Waals surface area contributed by atoms with Gasteiger partial charge < -0.3 is 0 Å². The lowest BCUT2D eigenvalue weighted by Gasteiger charge is -2.33. The van der Waals surface area contributed by atoms with Crippen LogP contribution < -0.4 is 0 Å². The molecule has 0 amide bonds. The molecule has 1 fully saturated rings. The molecule has 1 aliphatic heterocycles. The van der Waals surface area contributed by atoms with Crippen molar-refractivity contribution >= 4 is 20.0 Å². The summed E-state index contributed by atoms with van der Waals surface area (Å²) < 4.78 is 67.6. The molecular formula is C19H23FN2O4S2. The van der Waals surface area contributed by atoms with Gasteiger partial charge in [0.05, 0.1) is 9.79 Å².